The number of amides is 2. The van der Waals surface area contributed by atoms with E-state index in [9.17, 15) is 9.59 Å². The summed E-state index contributed by atoms with van der Waals surface area (Å²) in [7, 11) is 1.60. The minimum Gasteiger partial charge on any atom is -0.497 e. The zero-order chi connectivity index (χ0) is 21.7. The van der Waals surface area contributed by atoms with E-state index >= 15 is 0 Å². The molecule has 0 spiro atoms. The molecule has 0 saturated heterocycles. The van der Waals surface area contributed by atoms with Crippen molar-refractivity contribution in [1.29, 1.82) is 0 Å². The van der Waals surface area contributed by atoms with Crippen LogP contribution in [0.2, 0.25) is 0 Å². The van der Waals surface area contributed by atoms with Gasteiger partial charge in [-0.1, -0.05) is 20.8 Å². The third-order valence-corrected chi connectivity index (χ3v) is 5.90. The highest BCUT2D eigenvalue weighted by atomic mass is 16.5. The van der Waals surface area contributed by atoms with Crippen LogP contribution < -0.4 is 15.4 Å². The largest absolute Gasteiger partial charge is 0.497 e. The van der Waals surface area contributed by atoms with Crippen LogP contribution in [0.3, 0.4) is 0 Å². The highest BCUT2D eigenvalue weighted by molar-refractivity contribution is 5.93. The second kappa shape index (κ2) is 9.32. The Labute approximate surface area is 178 Å². The van der Waals surface area contributed by atoms with Crippen molar-refractivity contribution >= 4 is 23.2 Å². The molecule has 0 aliphatic heterocycles. The number of carbonyl (C=O) groups is 2. The summed E-state index contributed by atoms with van der Waals surface area (Å²) >= 11 is 0. The molecule has 0 bridgehead atoms. The molecule has 7 heteroatoms. The maximum Gasteiger partial charge on any atom is 0.246 e. The molecule has 1 fully saturated rings. The standard InChI is InChI=1S/C23H32N4O3/c1-23(2,3)17-7-5-16(6-8-17)22(29)26-19-13-24-27(14-19)15-21(28)25-18-9-11-20(30-4)12-10-18/h9-14,16-17H,5-8,15H2,1-4H3,(H,25,28)(H,26,29). The minimum absolute atomic E-state index is 0.0459. The number of benzene rings is 1. The van der Waals surface area contributed by atoms with E-state index < -0.39 is 0 Å². The lowest BCUT2D eigenvalue weighted by Gasteiger charge is -2.36. The van der Waals surface area contributed by atoms with Crippen LogP contribution in [0.5, 0.6) is 5.75 Å². The number of ether oxygens (including phenoxy) is 1. The number of rotatable bonds is 6. The van der Waals surface area contributed by atoms with Crippen LogP contribution >= 0.6 is 0 Å². The van der Waals surface area contributed by atoms with Crippen LogP contribution in [0.15, 0.2) is 36.7 Å². The Balaban J connectivity index is 1.47. The fourth-order valence-corrected chi connectivity index (χ4v) is 4.00. The number of methoxy groups -OCH3 is 1. The van der Waals surface area contributed by atoms with Crippen LogP contribution in [-0.4, -0.2) is 28.7 Å². The van der Waals surface area contributed by atoms with Crippen LogP contribution in [0, 0.1) is 17.3 Å². The van der Waals surface area contributed by atoms with Crippen LogP contribution in [0.25, 0.3) is 0 Å². The van der Waals surface area contributed by atoms with Gasteiger partial charge >= 0.3 is 0 Å². The van der Waals surface area contributed by atoms with E-state index in [-0.39, 0.29) is 24.3 Å². The average molecular weight is 413 g/mol. The molecule has 1 heterocycles. The summed E-state index contributed by atoms with van der Waals surface area (Å²) in [5.41, 5.74) is 1.61. The molecule has 30 heavy (non-hydrogen) atoms. The number of anilines is 2. The van der Waals surface area contributed by atoms with E-state index in [1.165, 1.54) is 4.68 Å². The van der Waals surface area contributed by atoms with Gasteiger partial charge in [-0.3, -0.25) is 14.3 Å². The smallest absolute Gasteiger partial charge is 0.246 e. The molecule has 0 radical (unpaired) electrons. The van der Waals surface area contributed by atoms with Crippen LogP contribution in [0.1, 0.15) is 46.5 Å². The van der Waals surface area contributed by atoms with E-state index in [4.69, 9.17) is 4.74 Å². The molecule has 1 aliphatic carbocycles. The second-order valence-electron chi connectivity index (χ2n) is 9.11. The van der Waals surface area contributed by atoms with Crippen molar-refractivity contribution in [2.45, 2.75) is 53.0 Å². The first-order valence-electron chi connectivity index (χ1n) is 10.5. The van der Waals surface area contributed by atoms with Crippen molar-refractivity contribution in [3.63, 3.8) is 0 Å². The first-order chi connectivity index (χ1) is 14.2. The van der Waals surface area contributed by atoms with Gasteiger partial charge in [-0.25, -0.2) is 0 Å². The maximum absolute atomic E-state index is 12.6. The molecule has 2 N–H and O–H groups in total. The summed E-state index contributed by atoms with van der Waals surface area (Å²) in [5.74, 6) is 1.30. The number of hydrogen-bond acceptors (Lipinski definition) is 4. The van der Waals surface area contributed by atoms with Crippen LogP contribution in [0.4, 0.5) is 11.4 Å². The Morgan fingerprint density at radius 1 is 1.07 bits per heavy atom. The van der Waals surface area contributed by atoms with E-state index in [0.717, 1.165) is 31.4 Å². The number of nitrogens with zero attached hydrogens (tertiary/aromatic N) is 2. The summed E-state index contributed by atoms with van der Waals surface area (Å²) < 4.78 is 6.63. The lowest BCUT2D eigenvalue weighted by atomic mass is 9.69. The van der Waals surface area contributed by atoms with E-state index in [2.05, 4.69) is 36.5 Å². The molecule has 1 saturated carbocycles. The molecule has 2 amide bonds. The average Bonchev–Trinajstić information content (AvgIpc) is 3.14. The first-order valence-corrected chi connectivity index (χ1v) is 10.5. The van der Waals surface area contributed by atoms with Gasteiger partial charge in [-0.05, 0) is 61.3 Å². The van der Waals surface area contributed by atoms with Crippen molar-refractivity contribution in [1.82, 2.24) is 9.78 Å². The summed E-state index contributed by atoms with van der Waals surface area (Å²) in [6, 6.07) is 7.12. The Kier molecular flexibility index (Phi) is 6.80. The summed E-state index contributed by atoms with van der Waals surface area (Å²) in [5, 5.41) is 9.96. The third-order valence-electron chi connectivity index (χ3n) is 5.90. The minimum atomic E-state index is -0.193. The van der Waals surface area contributed by atoms with Gasteiger partial charge in [0.1, 0.15) is 12.3 Å². The number of aromatic nitrogens is 2. The molecule has 1 aliphatic rings. The predicted octanol–water partition coefficient (Wildman–Crippen LogP) is 4.32. The van der Waals surface area contributed by atoms with Gasteiger partial charge in [0.15, 0.2) is 0 Å². The molecule has 162 valence electrons. The van der Waals surface area contributed by atoms with Gasteiger partial charge < -0.3 is 15.4 Å². The molecule has 1 aromatic carbocycles. The van der Waals surface area contributed by atoms with E-state index in [1.807, 2.05) is 0 Å². The first kappa shape index (κ1) is 21.9. The Morgan fingerprint density at radius 3 is 2.33 bits per heavy atom. The van der Waals surface area contributed by atoms with Crippen molar-refractivity contribution in [2.24, 2.45) is 17.3 Å². The summed E-state index contributed by atoms with van der Waals surface area (Å²) in [4.78, 5) is 24.8. The highest BCUT2D eigenvalue weighted by Gasteiger charge is 2.32. The zero-order valence-electron chi connectivity index (χ0n) is 18.3. The Hall–Kier alpha value is -2.83. The maximum atomic E-state index is 12.6. The summed E-state index contributed by atoms with van der Waals surface area (Å²) in [6.45, 7) is 6.89. The Bertz CT molecular complexity index is 859. The lowest BCUT2D eigenvalue weighted by Crippen LogP contribution is -2.31. The number of carbonyl (C=O) groups excluding carboxylic acids is 2. The lowest BCUT2D eigenvalue weighted by molar-refractivity contribution is -0.121. The Morgan fingerprint density at radius 2 is 1.73 bits per heavy atom. The van der Waals surface area contributed by atoms with Gasteiger partial charge in [0.2, 0.25) is 11.8 Å². The van der Waals surface area contributed by atoms with Crippen molar-refractivity contribution in [3.05, 3.63) is 36.7 Å². The topological polar surface area (TPSA) is 85.2 Å². The summed E-state index contributed by atoms with van der Waals surface area (Å²) in [6.07, 6.45) is 7.29. The molecule has 7 nitrogen and oxygen atoms in total. The molecule has 0 unspecified atom stereocenters. The molecule has 1 aromatic heterocycles. The van der Waals surface area contributed by atoms with Gasteiger partial charge in [0, 0.05) is 17.8 Å². The second-order valence-corrected chi connectivity index (χ2v) is 9.11. The fraction of sp³-hybridized carbons (Fsp3) is 0.522. The zero-order valence-corrected chi connectivity index (χ0v) is 18.3. The molecule has 3 rings (SSSR count). The monoisotopic (exact) mass is 412 g/mol. The molecule has 2 aromatic rings. The van der Waals surface area contributed by atoms with Crippen molar-refractivity contribution < 1.29 is 14.3 Å². The van der Waals surface area contributed by atoms with Gasteiger partial charge in [-0.2, -0.15) is 5.10 Å². The number of hydrogen-bond donors (Lipinski definition) is 2. The molecular formula is C23H32N4O3. The van der Waals surface area contributed by atoms with Gasteiger partial charge in [0.25, 0.3) is 0 Å². The fourth-order valence-electron chi connectivity index (χ4n) is 4.00. The number of nitrogens with one attached hydrogen (secondary N) is 2. The van der Waals surface area contributed by atoms with Crippen LogP contribution in [-0.2, 0) is 16.1 Å². The molecule has 0 atom stereocenters. The molecular weight excluding hydrogens is 380 g/mol. The third kappa shape index (κ3) is 5.84. The van der Waals surface area contributed by atoms with Gasteiger partial charge in [-0.15, -0.1) is 0 Å². The normalized spacial score (nSPS) is 19.2. The van der Waals surface area contributed by atoms with E-state index in [1.54, 1.807) is 43.8 Å². The van der Waals surface area contributed by atoms with Crippen molar-refractivity contribution in [2.75, 3.05) is 17.7 Å². The quantitative estimate of drug-likeness (QED) is 0.740. The SMILES string of the molecule is COc1ccc(NC(=O)Cn2cc(NC(=O)C3CCC(C(C)(C)C)CC3)cn2)cc1. The van der Waals surface area contributed by atoms with E-state index in [0.29, 0.717) is 22.7 Å². The predicted molar refractivity (Wildman–Crippen MR) is 117 cm³/mol. The van der Waals surface area contributed by atoms with Gasteiger partial charge in [0.05, 0.1) is 19.0 Å². The highest BCUT2D eigenvalue weighted by Crippen LogP contribution is 2.40. The van der Waals surface area contributed by atoms with Crippen molar-refractivity contribution in [3.8, 4) is 5.75 Å².